The monoisotopic (exact) mass is 359 g/mol. The van der Waals surface area contributed by atoms with Gasteiger partial charge in [-0.2, -0.15) is 0 Å². The third-order valence-corrected chi connectivity index (χ3v) is 4.88. The Balaban J connectivity index is 1.80. The average Bonchev–Trinajstić information content (AvgIpc) is 2.55. The van der Waals surface area contributed by atoms with Crippen LogP contribution in [0.4, 0.5) is 16.2 Å². The summed E-state index contributed by atoms with van der Waals surface area (Å²) in [5, 5.41) is 14.4. The molecule has 0 spiro atoms. The molecule has 2 aromatic carbocycles. The summed E-state index contributed by atoms with van der Waals surface area (Å²) in [4.78, 5) is 24.8. The molecule has 4 rings (SSSR count). The van der Waals surface area contributed by atoms with E-state index in [1.807, 2.05) is 6.92 Å². The minimum Gasteiger partial charge on any atom is -0.467 e. The molecule has 2 aliphatic rings. The lowest BCUT2D eigenvalue weighted by atomic mass is 9.90. The highest BCUT2D eigenvalue weighted by Crippen LogP contribution is 2.47. The van der Waals surface area contributed by atoms with E-state index in [1.165, 1.54) is 17.0 Å². The molecule has 0 saturated carbocycles. The van der Waals surface area contributed by atoms with Gasteiger partial charge >= 0.3 is 6.03 Å². The lowest BCUT2D eigenvalue weighted by Gasteiger charge is -2.50. The molecule has 7 nitrogen and oxygen atoms in total. The molecule has 0 aliphatic carbocycles. The van der Waals surface area contributed by atoms with Crippen molar-refractivity contribution in [1.82, 2.24) is 5.32 Å². The summed E-state index contributed by atoms with van der Waals surface area (Å²) in [6, 6.07) is 10.7. The number of urea groups is 1. The molecule has 128 valence electrons. The molecule has 2 bridgehead atoms. The van der Waals surface area contributed by atoms with E-state index >= 15 is 0 Å². The van der Waals surface area contributed by atoms with Crippen molar-refractivity contribution in [3.05, 3.63) is 63.2 Å². The summed E-state index contributed by atoms with van der Waals surface area (Å²) < 4.78 is 6.10. The molecule has 0 aromatic heterocycles. The molecule has 1 N–H and O–H groups in total. The van der Waals surface area contributed by atoms with Crippen LogP contribution in [0.2, 0.25) is 5.02 Å². The maximum atomic E-state index is 12.7. The van der Waals surface area contributed by atoms with E-state index in [9.17, 15) is 14.9 Å². The van der Waals surface area contributed by atoms with E-state index < -0.39 is 10.6 Å². The number of hydrogen-bond donors (Lipinski definition) is 1. The van der Waals surface area contributed by atoms with Crippen LogP contribution in [0.5, 0.6) is 5.75 Å². The van der Waals surface area contributed by atoms with Gasteiger partial charge in [0.15, 0.2) is 5.72 Å². The van der Waals surface area contributed by atoms with Gasteiger partial charge in [0.1, 0.15) is 5.75 Å². The van der Waals surface area contributed by atoms with Gasteiger partial charge in [-0.25, -0.2) is 4.79 Å². The predicted molar refractivity (Wildman–Crippen MR) is 92.0 cm³/mol. The fraction of sp³-hybridized carbons (Fsp3) is 0.235. The van der Waals surface area contributed by atoms with Gasteiger partial charge in [-0.1, -0.05) is 23.7 Å². The van der Waals surface area contributed by atoms with Gasteiger partial charge in [0.25, 0.3) is 5.69 Å². The molecule has 0 unspecified atom stereocenters. The van der Waals surface area contributed by atoms with Crippen LogP contribution in [0.1, 0.15) is 24.9 Å². The zero-order valence-electron chi connectivity index (χ0n) is 13.2. The number of nitrogens with one attached hydrogen (secondary N) is 1. The number of non-ortho nitro benzene ring substituents is 1. The van der Waals surface area contributed by atoms with Gasteiger partial charge in [-0.15, -0.1) is 0 Å². The Morgan fingerprint density at radius 2 is 2.12 bits per heavy atom. The van der Waals surface area contributed by atoms with E-state index in [0.717, 1.165) is 0 Å². The van der Waals surface area contributed by atoms with Crippen molar-refractivity contribution in [1.29, 1.82) is 0 Å². The Labute approximate surface area is 148 Å². The quantitative estimate of drug-likeness (QED) is 0.648. The Morgan fingerprint density at radius 1 is 1.36 bits per heavy atom. The average molecular weight is 360 g/mol. The third-order valence-electron chi connectivity index (χ3n) is 4.56. The van der Waals surface area contributed by atoms with E-state index in [1.54, 1.807) is 30.3 Å². The molecule has 1 fully saturated rings. The minimum atomic E-state index is -0.943. The van der Waals surface area contributed by atoms with Crippen molar-refractivity contribution in [2.24, 2.45) is 0 Å². The normalized spacial score (nSPS) is 24.2. The molecular formula is C17H14ClN3O4. The number of carbonyl (C=O) groups is 1. The number of ether oxygens (including phenoxy) is 1. The number of para-hydroxylation sites is 1. The highest BCUT2D eigenvalue weighted by Gasteiger charge is 2.50. The highest BCUT2D eigenvalue weighted by atomic mass is 35.5. The summed E-state index contributed by atoms with van der Waals surface area (Å²) in [5.41, 5.74) is 0.182. The second-order valence-corrected chi connectivity index (χ2v) is 6.66. The molecule has 2 amide bonds. The number of carbonyl (C=O) groups excluding carboxylic acids is 1. The van der Waals surface area contributed by atoms with Crippen molar-refractivity contribution in [3.8, 4) is 5.75 Å². The van der Waals surface area contributed by atoms with Gasteiger partial charge < -0.3 is 10.1 Å². The Hall–Kier alpha value is -2.80. The first-order valence-electron chi connectivity index (χ1n) is 7.72. The van der Waals surface area contributed by atoms with Crippen molar-refractivity contribution in [2.75, 3.05) is 4.90 Å². The lowest BCUT2D eigenvalue weighted by Crippen LogP contribution is -2.65. The van der Waals surface area contributed by atoms with Gasteiger partial charge in [0, 0.05) is 24.1 Å². The number of halogens is 1. The standard InChI is InChI=1S/C17H14ClN3O4/c1-17-9-13(11-8-10(21(23)24)6-7-15(11)25-17)19-16(22)20(17)14-5-3-2-4-12(14)18/h2-8,13H,9H2,1H3,(H,19,22)/t13-,17-/m1/s1. The van der Waals surface area contributed by atoms with Gasteiger partial charge in [0.05, 0.1) is 21.7 Å². The number of hydrogen-bond acceptors (Lipinski definition) is 4. The molecule has 0 radical (unpaired) electrons. The minimum absolute atomic E-state index is 0.0336. The molecule has 2 atom stereocenters. The van der Waals surface area contributed by atoms with Gasteiger partial charge in [-0.05, 0) is 25.1 Å². The number of amides is 2. The number of rotatable bonds is 2. The molecule has 2 aromatic rings. The Kier molecular flexibility index (Phi) is 3.36. The Bertz CT molecular complexity index is 903. The fourth-order valence-electron chi connectivity index (χ4n) is 3.47. The second-order valence-electron chi connectivity index (χ2n) is 6.25. The number of nitrogens with zero attached hydrogens (tertiary/aromatic N) is 2. The van der Waals surface area contributed by atoms with Crippen LogP contribution in [-0.2, 0) is 0 Å². The largest absolute Gasteiger partial charge is 0.467 e. The smallest absolute Gasteiger partial charge is 0.325 e. The van der Waals surface area contributed by atoms with Crippen LogP contribution in [0, 0.1) is 10.1 Å². The van der Waals surface area contributed by atoms with E-state index in [-0.39, 0.29) is 17.8 Å². The number of nitro benzene ring substituents is 1. The fourth-order valence-corrected chi connectivity index (χ4v) is 3.69. The van der Waals surface area contributed by atoms with Crippen LogP contribution < -0.4 is 15.0 Å². The van der Waals surface area contributed by atoms with Crippen molar-refractivity contribution >= 4 is 29.0 Å². The van der Waals surface area contributed by atoms with E-state index in [2.05, 4.69) is 5.32 Å². The maximum Gasteiger partial charge on any atom is 0.325 e. The first kappa shape index (κ1) is 15.7. The molecule has 2 aliphatic heterocycles. The molecule has 25 heavy (non-hydrogen) atoms. The first-order valence-corrected chi connectivity index (χ1v) is 8.09. The number of anilines is 1. The highest BCUT2D eigenvalue weighted by molar-refractivity contribution is 6.33. The zero-order chi connectivity index (χ0) is 17.8. The molecule has 8 heteroatoms. The first-order chi connectivity index (χ1) is 11.9. The topological polar surface area (TPSA) is 84.7 Å². The SMILES string of the molecule is C[C@@]12C[C@@H](NC(=O)N1c1ccccc1Cl)c1cc([N+](=O)[O-])ccc1O2. The van der Waals surface area contributed by atoms with Crippen LogP contribution in [-0.4, -0.2) is 16.7 Å². The molecule has 1 saturated heterocycles. The van der Waals surface area contributed by atoms with Crippen molar-refractivity contribution in [3.63, 3.8) is 0 Å². The zero-order valence-corrected chi connectivity index (χ0v) is 14.0. The van der Waals surface area contributed by atoms with E-state index in [0.29, 0.717) is 28.4 Å². The summed E-state index contributed by atoms with van der Waals surface area (Å²) in [6.45, 7) is 1.81. The summed E-state index contributed by atoms with van der Waals surface area (Å²) in [6.07, 6.45) is 0.443. The molecule has 2 heterocycles. The van der Waals surface area contributed by atoms with Crippen molar-refractivity contribution < 1.29 is 14.5 Å². The Morgan fingerprint density at radius 3 is 2.84 bits per heavy atom. The predicted octanol–water partition coefficient (Wildman–Crippen LogP) is 4.02. The third kappa shape index (κ3) is 2.39. The van der Waals surface area contributed by atoms with Crippen LogP contribution in [0.25, 0.3) is 0 Å². The number of nitro groups is 1. The van der Waals surface area contributed by atoms with E-state index in [4.69, 9.17) is 16.3 Å². The summed E-state index contributed by atoms with van der Waals surface area (Å²) in [5.74, 6) is 0.515. The number of fused-ring (bicyclic) bond motifs is 4. The summed E-state index contributed by atoms with van der Waals surface area (Å²) in [7, 11) is 0. The van der Waals surface area contributed by atoms with Gasteiger partial charge in [0.2, 0.25) is 0 Å². The van der Waals surface area contributed by atoms with Gasteiger partial charge in [-0.3, -0.25) is 15.0 Å². The van der Waals surface area contributed by atoms with Crippen LogP contribution in [0.15, 0.2) is 42.5 Å². The summed E-state index contributed by atoms with van der Waals surface area (Å²) >= 11 is 6.27. The van der Waals surface area contributed by atoms with Crippen LogP contribution >= 0.6 is 11.6 Å². The van der Waals surface area contributed by atoms with Crippen LogP contribution in [0.3, 0.4) is 0 Å². The van der Waals surface area contributed by atoms with Crippen molar-refractivity contribution in [2.45, 2.75) is 25.1 Å². The molecular weight excluding hydrogens is 346 g/mol. The second kappa shape index (κ2) is 5.35. The number of benzene rings is 2. The maximum absolute atomic E-state index is 12.7. The lowest BCUT2D eigenvalue weighted by molar-refractivity contribution is -0.385.